The van der Waals surface area contributed by atoms with Crippen LogP contribution in [-0.2, 0) is 11.2 Å². The standard InChI is InChI=1S/C33H29ClN2O6/c1-42-30-19-36(31(38)18-27(30)26-17-23(34)11-14-25(26)29(37)16-21-7-8-21)28(15-20-5-3-2-4-6-20)32(39)35-24-12-9-22(10-13-24)33(40)41/h2-6,9-14,17-19,21,28H,7-8,15-16H2,1H3,(H,35,39)(H,40,41). The van der Waals surface area contributed by atoms with Crippen LogP contribution >= 0.6 is 11.6 Å². The van der Waals surface area contributed by atoms with Gasteiger partial charge in [-0.05, 0) is 72.4 Å². The molecule has 1 aliphatic rings. The van der Waals surface area contributed by atoms with Gasteiger partial charge in [0, 0.05) is 40.7 Å². The zero-order valence-corrected chi connectivity index (χ0v) is 23.6. The van der Waals surface area contributed by atoms with Gasteiger partial charge in [0.1, 0.15) is 11.8 Å². The maximum absolute atomic E-state index is 13.7. The lowest BCUT2D eigenvalue weighted by Gasteiger charge is -2.22. The molecule has 1 amide bonds. The number of Topliss-reactive ketones (excluding diaryl/α,β-unsaturated/α-hetero) is 1. The normalized spacial score (nSPS) is 13.3. The molecular weight excluding hydrogens is 556 g/mol. The van der Waals surface area contributed by atoms with Crippen molar-refractivity contribution in [1.82, 2.24) is 4.57 Å². The van der Waals surface area contributed by atoms with Crippen LogP contribution < -0.4 is 15.6 Å². The number of carboxylic acid groups (broad SMARTS) is 1. The molecule has 4 aromatic rings. The van der Waals surface area contributed by atoms with E-state index in [-0.39, 0.29) is 17.8 Å². The topological polar surface area (TPSA) is 115 Å². The smallest absolute Gasteiger partial charge is 0.335 e. The van der Waals surface area contributed by atoms with Crippen molar-refractivity contribution in [2.45, 2.75) is 31.7 Å². The van der Waals surface area contributed by atoms with Gasteiger partial charge in [0.25, 0.3) is 5.56 Å². The summed E-state index contributed by atoms with van der Waals surface area (Å²) in [6.07, 6.45) is 4.17. The van der Waals surface area contributed by atoms with E-state index in [2.05, 4.69) is 5.32 Å². The van der Waals surface area contributed by atoms with Crippen LogP contribution in [0.15, 0.2) is 89.9 Å². The number of benzene rings is 3. The highest BCUT2D eigenvalue weighted by Gasteiger charge is 2.28. The van der Waals surface area contributed by atoms with Crippen LogP contribution in [0.4, 0.5) is 5.69 Å². The maximum Gasteiger partial charge on any atom is 0.335 e. The molecule has 0 saturated heterocycles. The van der Waals surface area contributed by atoms with Crippen LogP contribution in [0.5, 0.6) is 5.75 Å². The van der Waals surface area contributed by atoms with Gasteiger partial charge in [0.15, 0.2) is 5.78 Å². The lowest BCUT2D eigenvalue weighted by molar-refractivity contribution is -0.119. The first-order valence-electron chi connectivity index (χ1n) is 13.5. The Kier molecular flexibility index (Phi) is 8.54. The molecule has 1 fully saturated rings. The van der Waals surface area contributed by atoms with E-state index in [9.17, 15) is 24.3 Å². The second kappa shape index (κ2) is 12.4. The Bertz CT molecular complexity index is 1690. The molecule has 5 rings (SSSR count). The predicted molar refractivity (Wildman–Crippen MR) is 161 cm³/mol. The third-order valence-electron chi connectivity index (χ3n) is 7.32. The average molecular weight is 585 g/mol. The van der Waals surface area contributed by atoms with Gasteiger partial charge in [0.2, 0.25) is 5.91 Å². The molecule has 0 radical (unpaired) electrons. The number of rotatable bonds is 11. The number of ether oxygens (including phenoxy) is 1. The van der Waals surface area contributed by atoms with Gasteiger partial charge in [-0.15, -0.1) is 0 Å². The van der Waals surface area contributed by atoms with Gasteiger partial charge >= 0.3 is 5.97 Å². The average Bonchev–Trinajstić information content (AvgIpc) is 3.80. The van der Waals surface area contributed by atoms with E-state index in [0.29, 0.717) is 45.5 Å². The predicted octanol–water partition coefficient (Wildman–Crippen LogP) is 6.28. The van der Waals surface area contributed by atoms with Crippen LogP contribution in [-0.4, -0.2) is 34.4 Å². The Hall–Kier alpha value is -4.69. The maximum atomic E-state index is 13.7. The van der Waals surface area contributed by atoms with E-state index in [1.165, 1.54) is 48.2 Å². The van der Waals surface area contributed by atoms with Gasteiger partial charge in [0.05, 0.1) is 18.9 Å². The highest BCUT2D eigenvalue weighted by atomic mass is 35.5. The quantitative estimate of drug-likeness (QED) is 0.201. The van der Waals surface area contributed by atoms with Crippen molar-refractivity contribution in [2.24, 2.45) is 5.92 Å². The summed E-state index contributed by atoms with van der Waals surface area (Å²) in [5.41, 5.74) is 2.20. The molecule has 1 atom stereocenters. The summed E-state index contributed by atoms with van der Waals surface area (Å²) in [5.74, 6) is -0.888. The van der Waals surface area contributed by atoms with Crippen LogP contribution in [0, 0.1) is 5.92 Å². The van der Waals surface area contributed by atoms with Gasteiger partial charge in [-0.3, -0.25) is 19.0 Å². The van der Waals surface area contributed by atoms with Crippen LogP contribution in [0.2, 0.25) is 5.02 Å². The van der Waals surface area contributed by atoms with Crippen molar-refractivity contribution in [3.63, 3.8) is 0 Å². The first kappa shape index (κ1) is 28.8. The largest absolute Gasteiger partial charge is 0.495 e. The Labute approximate surface area is 247 Å². The minimum Gasteiger partial charge on any atom is -0.495 e. The summed E-state index contributed by atoms with van der Waals surface area (Å²) in [4.78, 5) is 51.7. The molecule has 9 heteroatoms. The minimum atomic E-state index is -1.08. The molecule has 1 aromatic heterocycles. The van der Waals surface area contributed by atoms with Crippen molar-refractivity contribution in [1.29, 1.82) is 0 Å². The molecule has 1 heterocycles. The molecule has 8 nitrogen and oxygen atoms in total. The summed E-state index contributed by atoms with van der Waals surface area (Å²) in [5, 5.41) is 12.4. The van der Waals surface area contributed by atoms with Crippen LogP contribution in [0.25, 0.3) is 11.1 Å². The minimum absolute atomic E-state index is 0.0225. The molecule has 1 unspecified atom stereocenters. The number of amides is 1. The van der Waals surface area contributed by atoms with Crippen molar-refractivity contribution in [3.05, 3.63) is 117 Å². The Morgan fingerprint density at radius 2 is 1.71 bits per heavy atom. The number of hydrogen-bond donors (Lipinski definition) is 2. The summed E-state index contributed by atoms with van der Waals surface area (Å²) >= 11 is 6.32. The number of aromatic nitrogens is 1. The fourth-order valence-electron chi connectivity index (χ4n) is 4.90. The van der Waals surface area contributed by atoms with Crippen molar-refractivity contribution < 1.29 is 24.2 Å². The SMILES string of the molecule is COc1cn(C(Cc2ccccc2)C(=O)Nc2ccc(C(=O)O)cc2)c(=O)cc1-c1cc(Cl)ccc1C(=O)CC1CC1. The summed E-state index contributed by atoms with van der Waals surface area (Å²) in [7, 11) is 1.46. The molecular formula is C33H29ClN2O6. The number of nitrogens with one attached hydrogen (secondary N) is 1. The second-order valence-corrected chi connectivity index (χ2v) is 10.8. The summed E-state index contributed by atoms with van der Waals surface area (Å²) in [6.45, 7) is 0. The van der Waals surface area contributed by atoms with Crippen LogP contribution in [0.3, 0.4) is 0 Å². The number of aromatic carboxylic acids is 1. The first-order chi connectivity index (χ1) is 20.2. The van der Waals surface area contributed by atoms with Crippen LogP contribution in [0.1, 0.15) is 51.6 Å². The number of carbonyl (C=O) groups excluding carboxylic acids is 2. The van der Waals surface area contributed by atoms with E-state index >= 15 is 0 Å². The Balaban J connectivity index is 1.55. The number of carbonyl (C=O) groups is 3. The van der Waals surface area contributed by atoms with E-state index in [1.54, 1.807) is 18.2 Å². The molecule has 0 aliphatic heterocycles. The molecule has 0 bridgehead atoms. The highest BCUT2D eigenvalue weighted by molar-refractivity contribution is 6.31. The lowest BCUT2D eigenvalue weighted by Crippen LogP contribution is -2.34. The number of anilines is 1. The number of hydrogen-bond acceptors (Lipinski definition) is 5. The summed E-state index contributed by atoms with van der Waals surface area (Å²) < 4.78 is 7.01. The Morgan fingerprint density at radius 1 is 1.00 bits per heavy atom. The van der Waals surface area contributed by atoms with E-state index in [0.717, 1.165) is 18.4 Å². The number of ketones is 1. The number of nitrogens with zero attached hydrogens (tertiary/aromatic N) is 1. The number of carboxylic acids is 1. The third kappa shape index (κ3) is 6.61. The van der Waals surface area contributed by atoms with E-state index in [1.807, 2.05) is 30.3 Å². The Morgan fingerprint density at radius 3 is 2.36 bits per heavy atom. The van der Waals surface area contributed by atoms with E-state index in [4.69, 9.17) is 16.3 Å². The van der Waals surface area contributed by atoms with Crippen molar-refractivity contribution in [2.75, 3.05) is 12.4 Å². The first-order valence-corrected chi connectivity index (χ1v) is 13.9. The second-order valence-electron chi connectivity index (χ2n) is 10.3. The zero-order chi connectivity index (χ0) is 29.8. The lowest BCUT2D eigenvalue weighted by atomic mass is 9.94. The molecule has 3 aromatic carbocycles. The van der Waals surface area contributed by atoms with Gasteiger partial charge in [-0.25, -0.2) is 4.79 Å². The third-order valence-corrected chi connectivity index (χ3v) is 7.55. The molecule has 0 spiro atoms. The molecule has 1 aliphatic carbocycles. The zero-order valence-electron chi connectivity index (χ0n) is 22.9. The van der Waals surface area contributed by atoms with E-state index < -0.39 is 23.5 Å². The number of pyridine rings is 1. The monoisotopic (exact) mass is 584 g/mol. The van der Waals surface area contributed by atoms with Crippen molar-refractivity contribution in [3.8, 4) is 16.9 Å². The number of methoxy groups -OCH3 is 1. The van der Waals surface area contributed by atoms with Crippen molar-refractivity contribution >= 4 is 34.9 Å². The summed E-state index contributed by atoms with van der Waals surface area (Å²) in [6, 6.07) is 20.4. The van der Waals surface area contributed by atoms with Gasteiger partial charge < -0.3 is 15.2 Å². The molecule has 42 heavy (non-hydrogen) atoms. The van der Waals surface area contributed by atoms with Gasteiger partial charge in [-0.2, -0.15) is 0 Å². The molecule has 1 saturated carbocycles. The molecule has 214 valence electrons. The number of halogens is 1. The fraction of sp³-hybridized carbons (Fsp3) is 0.212. The van der Waals surface area contributed by atoms with Gasteiger partial charge in [-0.1, -0.05) is 41.9 Å². The molecule has 2 N–H and O–H groups in total. The highest BCUT2D eigenvalue weighted by Crippen LogP contribution is 2.38. The fourth-order valence-corrected chi connectivity index (χ4v) is 5.07.